The summed E-state index contributed by atoms with van der Waals surface area (Å²) in [6, 6.07) is -0.750. The van der Waals surface area contributed by atoms with Gasteiger partial charge in [0.1, 0.15) is 13.2 Å². The first kappa shape index (κ1) is 47.5. The molecule has 0 saturated heterocycles. The van der Waals surface area contributed by atoms with Gasteiger partial charge in [0.05, 0.1) is 39.9 Å². The number of likely N-dealkylation sites (N-methyl/N-ethyl adjacent to an activating group) is 1. The van der Waals surface area contributed by atoms with Crippen molar-refractivity contribution in [2.45, 2.75) is 206 Å². The number of phosphoric ester groups is 1. The number of nitrogens with one attached hydrogen (secondary N) is 1. The Kier molecular flexibility index (Phi) is 32.1. The van der Waals surface area contributed by atoms with Gasteiger partial charge in [0.15, 0.2) is 0 Å². The molecule has 0 heterocycles. The monoisotopic (exact) mass is 706 g/mol. The minimum absolute atomic E-state index is 0.0780. The molecule has 0 aromatic heterocycles. The van der Waals surface area contributed by atoms with Gasteiger partial charge in [-0.25, -0.2) is 4.57 Å². The molecule has 3 atom stereocenters. The Balaban J connectivity index is 4.29. The van der Waals surface area contributed by atoms with E-state index in [4.69, 9.17) is 9.05 Å². The highest BCUT2D eigenvalue weighted by atomic mass is 31.2. The van der Waals surface area contributed by atoms with Gasteiger partial charge >= 0.3 is 7.82 Å². The van der Waals surface area contributed by atoms with Crippen molar-refractivity contribution in [3.63, 3.8) is 0 Å². The van der Waals surface area contributed by atoms with Crippen molar-refractivity contribution in [3.8, 4) is 0 Å². The second kappa shape index (κ2) is 32.4. The van der Waals surface area contributed by atoms with Crippen LogP contribution in [0, 0.1) is 0 Å². The van der Waals surface area contributed by atoms with Gasteiger partial charge in [0.2, 0.25) is 5.91 Å². The van der Waals surface area contributed by atoms with E-state index in [2.05, 4.69) is 19.2 Å². The highest BCUT2D eigenvalue weighted by Gasteiger charge is 2.28. The van der Waals surface area contributed by atoms with Crippen molar-refractivity contribution in [2.24, 2.45) is 0 Å². The average Bonchev–Trinajstić information content (AvgIpc) is 3.02. The van der Waals surface area contributed by atoms with E-state index in [-0.39, 0.29) is 19.1 Å². The molecule has 0 aliphatic rings. The smallest absolute Gasteiger partial charge is 0.391 e. The molecule has 3 unspecified atom stereocenters. The molecule has 288 valence electrons. The lowest BCUT2D eigenvalue weighted by Crippen LogP contribution is -2.46. The standard InChI is InChI=1S/C39H81N2O6P/c1-6-8-10-12-14-16-17-18-19-20-21-22-23-24-25-26-28-30-32-38(42)37(36-47-48(44,45)46-35-34-41(3,4)5)40-39(43)33-31-29-27-15-13-11-9-7-2/h37-38,42H,6-36H2,1-5H3,(H-,40,43,44,45)/p+1. The maximum absolute atomic E-state index is 12.7. The first-order chi connectivity index (χ1) is 23.0. The van der Waals surface area contributed by atoms with E-state index in [0.717, 1.165) is 38.5 Å². The zero-order chi connectivity index (χ0) is 35.8. The van der Waals surface area contributed by atoms with Crippen LogP contribution < -0.4 is 5.32 Å². The number of rotatable bonds is 37. The number of phosphoric acid groups is 1. The molecule has 9 heteroatoms. The van der Waals surface area contributed by atoms with Crippen LogP contribution in [0.1, 0.15) is 194 Å². The van der Waals surface area contributed by atoms with Crippen molar-refractivity contribution in [1.82, 2.24) is 5.32 Å². The fourth-order valence-corrected chi connectivity index (χ4v) is 6.78. The second-order valence-corrected chi connectivity index (χ2v) is 16.8. The minimum Gasteiger partial charge on any atom is -0.391 e. The third-order valence-corrected chi connectivity index (χ3v) is 10.3. The van der Waals surface area contributed by atoms with Crippen molar-refractivity contribution in [3.05, 3.63) is 0 Å². The van der Waals surface area contributed by atoms with Crippen molar-refractivity contribution in [1.29, 1.82) is 0 Å². The largest absolute Gasteiger partial charge is 0.472 e. The lowest BCUT2D eigenvalue weighted by Gasteiger charge is -2.26. The lowest BCUT2D eigenvalue weighted by molar-refractivity contribution is -0.870. The zero-order valence-electron chi connectivity index (χ0n) is 32.5. The third-order valence-electron chi connectivity index (χ3n) is 9.36. The molecule has 8 nitrogen and oxygen atoms in total. The summed E-state index contributed by atoms with van der Waals surface area (Å²) in [4.78, 5) is 22.9. The molecule has 0 aromatic rings. The van der Waals surface area contributed by atoms with Crippen LogP contribution in [-0.2, 0) is 18.4 Å². The molecular formula is C39H82N2O6P+. The quantitative estimate of drug-likeness (QED) is 0.0338. The predicted octanol–water partition coefficient (Wildman–Crippen LogP) is 10.6. The number of hydrogen-bond donors (Lipinski definition) is 3. The summed E-state index contributed by atoms with van der Waals surface area (Å²) in [5.41, 5.74) is 0. The van der Waals surface area contributed by atoms with E-state index < -0.39 is 20.0 Å². The summed E-state index contributed by atoms with van der Waals surface area (Å²) in [5, 5.41) is 13.9. The Morgan fingerprint density at radius 2 is 1.00 bits per heavy atom. The molecule has 0 rings (SSSR count). The predicted molar refractivity (Wildman–Crippen MR) is 203 cm³/mol. The number of aliphatic hydroxyl groups excluding tert-OH is 1. The summed E-state index contributed by atoms with van der Waals surface area (Å²) in [6.07, 6.45) is 32.7. The van der Waals surface area contributed by atoms with Crippen LogP contribution >= 0.6 is 7.82 Å². The van der Waals surface area contributed by atoms with Crippen molar-refractivity contribution >= 4 is 13.7 Å². The Hall–Kier alpha value is -0.500. The number of nitrogens with zero attached hydrogens (tertiary/aromatic N) is 1. The number of quaternary nitrogens is 1. The number of amides is 1. The van der Waals surface area contributed by atoms with Crippen LogP contribution in [0.5, 0.6) is 0 Å². The summed E-state index contributed by atoms with van der Waals surface area (Å²) >= 11 is 0. The first-order valence-corrected chi connectivity index (χ1v) is 21.9. The van der Waals surface area contributed by atoms with Gasteiger partial charge in [0, 0.05) is 6.42 Å². The minimum atomic E-state index is -4.30. The average molecular weight is 706 g/mol. The van der Waals surface area contributed by atoms with E-state index in [0.29, 0.717) is 23.9 Å². The summed E-state index contributed by atoms with van der Waals surface area (Å²) < 4.78 is 23.5. The van der Waals surface area contributed by atoms with E-state index >= 15 is 0 Å². The molecule has 1 amide bonds. The topological polar surface area (TPSA) is 105 Å². The molecule has 0 aliphatic heterocycles. The first-order valence-electron chi connectivity index (χ1n) is 20.4. The Bertz CT molecular complexity index is 763. The van der Waals surface area contributed by atoms with Crippen molar-refractivity contribution < 1.29 is 32.9 Å². The zero-order valence-corrected chi connectivity index (χ0v) is 33.4. The van der Waals surface area contributed by atoms with E-state index in [1.165, 1.54) is 128 Å². The molecule has 0 aliphatic carbocycles. The third kappa shape index (κ3) is 34.0. The van der Waals surface area contributed by atoms with Gasteiger partial charge in [-0.3, -0.25) is 13.8 Å². The van der Waals surface area contributed by atoms with Gasteiger partial charge in [-0.15, -0.1) is 0 Å². The molecule has 0 fully saturated rings. The van der Waals surface area contributed by atoms with Crippen LogP contribution in [0.15, 0.2) is 0 Å². The van der Waals surface area contributed by atoms with Crippen LogP contribution in [0.3, 0.4) is 0 Å². The molecule has 0 saturated carbocycles. The maximum atomic E-state index is 12.7. The summed E-state index contributed by atoms with van der Waals surface area (Å²) in [6.45, 7) is 4.86. The van der Waals surface area contributed by atoms with E-state index in [1.807, 2.05) is 21.1 Å². The second-order valence-electron chi connectivity index (χ2n) is 15.4. The number of carbonyl (C=O) groups is 1. The Morgan fingerprint density at radius 3 is 1.40 bits per heavy atom. The lowest BCUT2D eigenvalue weighted by atomic mass is 10.0. The van der Waals surface area contributed by atoms with Crippen LogP contribution in [0.4, 0.5) is 0 Å². The van der Waals surface area contributed by atoms with Gasteiger partial charge in [-0.05, 0) is 12.8 Å². The molecule has 0 bridgehead atoms. The highest BCUT2D eigenvalue weighted by molar-refractivity contribution is 7.47. The molecular weight excluding hydrogens is 623 g/mol. The summed E-state index contributed by atoms with van der Waals surface area (Å²) in [7, 11) is 1.62. The fraction of sp³-hybridized carbons (Fsp3) is 0.974. The summed E-state index contributed by atoms with van der Waals surface area (Å²) in [5.74, 6) is -0.148. The number of hydrogen-bond acceptors (Lipinski definition) is 5. The number of carbonyl (C=O) groups excluding carboxylic acids is 1. The van der Waals surface area contributed by atoms with Crippen LogP contribution in [0.2, 0.25) is 0 Å². The van der Waals surface area contributed by atoms with Crippen LogP contribution in [0.25, 0.3) is 0 Å². The van der Waals surface area contributed by atoms with Gasteiger partial charge in [0.25, 0.3) is 0 Å². The Labute approximate surface area is 298 Å². The number of aliphatic hydroxyl groups is 1. The van der Waals surface area contributed by atoms with Gasteiger partial charge < -0.3 is 19.8 Å². The molecule has 3 N–H and O–H groups in total. The molecule has 48 heavy (non-hydrogen) atoms. The Morgan fingerprint density at radius 1 is 0.625 bits per heavy atom. The number of unbranched alkanes of at least 4 members (excludes halogenated alkanes) is 24. The van der Waals surface area contributed by atoms with Gasteiger partial charge in [-0.2, -0.15) is 0 Å². The fourth-order valence-electron chi connectivity index (χ4n) is 6.05. The van der Waals surface area contributed by atoms with Crippen LogP contribution in [-0.4, -0.2) is 73.4 Å². The SMILES string of the molecule is CCCCCCCCCCCCCCCCCCCCC(O)C(COP(=O)(O)OCC[N+](C)(C)C)NC(=O)CCCCCCCCCC. The van der Waals surface area contributed by atoms with Crippen molar-refractivity contribution in [2.75, 3.05) is 40.9 Å². The normalized spacial score (nSPS) is 14.6. The van der Waals surface area contributed by atoms with E-state index in [9.17, 15) is 19.4 Å². The maximum Gasteiger partial charge on any atom is 0.472 e. The molecule has 0 radical (unpaired) electrons. The molecule has 0 aromatic carbocycles. The van der Waals surface area contributed by atoms with E-state index in [1.54, 1.807) is 0 Å². The molecule has 0 spiro atoms. The van der Waals surface area contributed by atoms with Gasteiger partial charge in [-0.1, -0.05) is 174 Å². The highest BCUT2D eigenvalue weighted by Crippen LogP contribution is 2.43.